The van der Waals surface area contributed by atoms with Crippen LogP contribution in [0.4, 0.5) is 0 Å². The molecule has 1 heterocycles. The molecular weight excluding hydrogens is 343 g/mol. The Morgan fingerprint density at radius 2 is 1.57 bits per heavy atom. The van der Waals surface area contributed by atoms with Gasteiger partial charge in [0.1, 0.15) is 0 Å². The molecule has 0 radical (unpaired) electrons. The Balaban J connectivity index is 1.56. The number of hydrogen-bond acceptors (Lipinski definition) is 2. The number of fused-ring (bicyclic) bond motifs is 8. The van der Waals surface area contributed by atoms with Crippen LogP contribution in [-0.2, 0) is 14.7 Å². The molecule has 3 unspecified atom stereocenters. The summed E-state index contributed by atoms with van der Waals surface area (Å²) in [4.78, 5) is 0. The minimum Gasteiger partial charge on any atom is -0.399 e. The molecule has 3 fully saturated rings. The molecule has 3 heteroatoms. The van der Waals surface area contributed by atoms with Crippen molar-refractivity contribution in [1.82, 2.24) is 0 Å². The molecule has 2 saturated carbocycles. The van der Waals surface area contributed by atoms with Gasteiger partial charge in [0.05, 0.1) is 11.2 Å². The molecule has 144 valence electrons. The van der Waals surface area contributed by atoms with Crippen molar-refractivity contribution >= 4 is 12.6 Å². The zero-order chi connectivity index (χ0) is 19.3. The lowest BCUT2D eigenvalue weighted by Gasteiger charge is -2.36. The number of hydrogen-bond donors (Lipinski definition) is 0. The molecule has 3 atom stereocenters. The van der Waals surface area contributed by atoms with Crippen molar-refractivity contribution < 1.29 is 9.31 Å². The molecule has 0 amide bonds. The third-order valence-corrected chi connectivity index (χ3v) is 8.61. The van der Waals surface area contributed by atoms with Crippen molar-refractivity contribution in [3.63, 3.8) is 0 Å². The van der Waals surface area contributed by atoms with E-state index in [2.05, 4.69) is 70.2 Å². The molecule has 4 aliphatic rings. The fraction of sp³-hybridized carbons (Fsp3) is 0.520. The van der Waals surface area contributed by atoms with Gasteiger partial charge in [-0.3, -0.25) is 0 Å². The Hall–Kier alpha value is -1.58. The van der Waals surface area contributed by atoms with Crippen LogP contribution in [0.2, 0.25) is 0 Å². The van der Waals surface area contributed by atoms with Gasteiger partial charge in [0.25, 0.3) is 0 Å². The quantitative estimate of drug-likeness (QED) is 0.651. The van der Waals surface area contributed by atoms with Crippen LogP contribution in [0.25, 0.3) is 11.1 Å². The van der Waals surface area contributed by atoms with E-state index < -0.39 is 0 Å². The van der Waals surface area contributed by atoms with Crippen LogP contribution < -0.4 is 5.46 Å². The van der Waals surface area contributed by atoms with Gasteiger partial charge in [0, 0.05) is 5.41 Å². The zero-order valence-electron chi connectivity index (χ0n) is 17.4. The second-order valence-electron chi connectivity index (χ2n) is 10.5. The van der Waals surface area contributed by atoms with Crippen LogP contribution >= 0.6 is 0 Å². The molecule has 2 aromatic rings. The molecule has 6 rings (SSSR count). The van der Waals surface area contributed by atoms with E-state index in [1.165, 1.54) is 47.8 Å². The van der Waals surface area contributed by atoms with Crippen LogP contribution in [0.5, 0.6) is 0 Å². The molecule has 1 spiro atoms. The highest BCUT2D eigenvalue weighted by Gasteiger charge is 2.58. The van der Waals surface area contributed by atoms with Gasteiger partial charge in [-0.05, 0) is 86.5 Å². The first-order valence-electron chi connectivity index (χ1n) is 10.9. The largest absolute Gasteiger partial charge is 0.495 e. The summed E-state index contributed by atoms with van der Waals surface area (Å²) in [5, 5.41) is 0. The van der Waals surface area contributed by atoms with E-state index in [0.717, 1.165) is 11.8 Å². The summed E-state index contributed by atoms with van der Waals surface area (Å²) >= 11 is 0. The summed E-state index contributed by atoms with van der Waals surface area (Å²) < 4.78 is 13.0. The number of benzene rings is 2. The van der Waals surface area contributed by atoms with Gasteiger partial charge < -0.3 is 9.31 Å². The van der Waals surface area contributed by atoms with Gasteiger partial charge in [-0.1, -0.05) is 48.9 Å². The molecular formula is C25H29BO2. The van der Waals surface area contributed by atoms with E-state index in [-0.39, 0.29) is 23.7 Å². The van der Waals surface area contributed by atoms with E-state index in [9.17, 15) is 0 Å². The molecule has 1 aliphatic heterocycles. The average molecular weight is 372 g/mol. The second-order valence-corrected chi connectivity index (χ2v) is 10.5. The Morgan fingerprint density at radius 1 is 0.857 bits per heavy atom. The minimum absolute atomic E-state index is 0.217. The summed E-state index contributed by atoms with van der Waals surface area (Å²) in [5.41, 5.74) is 6.69. The van der Waals surface area contributed by atoms with Gasteiger partial charge >= 0.3 is 7.12 Å². The van der Waals surface area contributed by atoms with E-state index in [0.29, 0.717) is 0 Å². The highest BCUT2D eigenvalue weighted by Crippen LogP contribution is 2.65. The minimum atomic E-state index is -0.317. The number of rotatable bonds is 1. The predicted octanol–water partition coefficient (Wildman–Crippen LogP) is 5.07. The molecule has 28 heavy (non-hydrogen) atoms. The average Bonchev–Trinajstić information content (AvgIpc) is 3.38. The SMILES string of the molecule is CC1(C)OB(c2cccc3c2-c2ccccc2C32CC3CCC2C3)OC1(C)C. The maximum atomic E-state index is 6.48. The Kier molecular flexibility index (Phi) is 3.28. The first-order chi connectivity index (χ1) is 13.3. The first-order valence-corrected chi connectivity index (χ1v) is 10.9. The molecule has 2 aromatic carbocycles. The fourth-order valence-corrected chi connectivity index (χ4v) is 6.63. The third kappa shape index (κ3) is 1.97. The van der Waals surface area contributed by atoms with Gasteiger partial charge in [-0.15, -0.1) is 0 Å². The lowest BCUT2D eigenvalue weighted by Crippen LogP contribution is -2.41. The van der Waals surface area contributed by atoms with E-state index in [1.54, 1.807) is 5.56 Å². The van der Waals surface area contributed by atoms with E-state index >= 15 is 0 Å². The van der Waals surface area contributed by atoms with Crippen LogP contribution in [0.1, 0.15) is 64.5 Å². The fourth-order valence-electron chi connectivity index (χ4n) is 6.63. The zero-order valence-corrected chi connectivity index (χ0v) is 17.4. The third-order valence-electron chi connectivity index (χ3n) is 8.61. The molecule has 2 bridgehead atoms. The molecule has 0 N–H and O–H groups in total. The highest BCUT2D eigenvalue weighted by molar-refractivity contribution is 6.64. The Labute approximate surface area is 168 Å². The lowest BCUT2D eigenvalue weighted by atomic mass is 9.66. The van der Waals surface area contributed by atoms with Crippen molar-refractivity contribution in [3.05, 3.63) is 53.6 Å². The standard InChI is InChI=1S/C25H29BO2/c1-23(2)24(3,4)28-26(27-23)21-11-7-10-20-22(21)18-8-5-6-9-19(18)25(20)15-16-12-13-17(25)14-16/h5-11,16-17H,12-15H2,1-4H3. The first kappa shape index (κ1) is 17.3. The molecule has 0 aromatic heterocycles. The molecule has 2 nitrogen and oxygen atoms in total. The van der Waals surface area contributed by atoms with Crippen molar-refractivity contribution in [2.75, 3.05) is 0 Å². The van der Waals surface area contributed by atoms with E-state index in [1.807, 2.05) is 0 Å². The maximum absolute atomic E-state index is 6.48. The van der Waals surface area contributed by atoms with Crippen LogP contribution in [0, 0.1) is 11.8 Å². The molecule has 1 saturated heterocycles. The summed E-state index contributed by atoms with van der Waals surface area (Å²) in [6.07, 6.45) is 5.50. The van der Waals surface area contributed by atoms with Crippen LogP contribution in [0.15, 0.2) is 42.5 Å². The van der Waals surface area contributed by atoms with Crippen molar-refractivity contribution in [1.29, 1.82) is 0 Å². The van der Waals surface area contributed by atoms with Gasteiger partial charge in [-0.2, -0.15) is 0 Å². The van der Waals surface area contributed by atoms with Gasteiger partial charge in [-0.25, -0.2) is 0 Å². The van der Waals surface area contributed by atoms with Crippen LogP contribution in [-0.4, -0.2) is 18.3 Å². The summed E-state index contributed by atoms with van der Waals surface area (Å²) in [6.45, 7) is 8.56. The van der Waals surface area contributed by atoms with Gasteiger partial charge in [0.2, 0.25) is 0 Å². The van der Waals surface area contributed by atoms with Crippen molar-refractivity contribution in [3.8, 4) is 11.1 Å². The maximum Gasteiger partial charge on any atom is 0.495 e. The van der Waals surface area contributed by atoms with Crippen LogP contribution in [0.3, 0.4) is 0 Å². The summed E-state index contributed by atoms with van der Waals surface area (Å²) in [6, 6.07) is 16.0. The smallest absolute Gasteiger partial charge is 0.399 e. The van der Waals surface area contributed by atoms with Gasteiger partial charge in [0.15, 0.2) is 0 Å². The van der Waals surface area contributed by atoms with E-state index in [4.69, 9.17) is 9.31 Å². The highest BCUT2D eigenvalue weighted by atomic mass is 16.7. The Morgan fingerprint density at radius 3 is 2.25 bits per heavy atom. The summed E-state index contributed by atoms with van der Waals surface area (Å²) in [5.74, 6) is 1.68. The predicted molar refractivity (Wildman–Crippen MR) is 114 cm³/mol. The monoisotopic (exact) mass is 372 g/mol. The van der Waals surface area contributed by atoms with Crippen molar-refractivity contribution in [2.24, 2.45) is 11.8 Å². The topological polar surface area (TPSA) is 18.5 Å². The molecule has 3 aliphatic carbocycles. The lowest BCUT2D eigenvalue weighted by molar-refractivity contribution is 0.00578. The van der Waals surface area contributed by atoms with Crippen molar-refractivity contribution in [2.45, 2.75) is 70.0 Å². The summed E-state index contributed by atoms with van der Waals surface area (Å²) in [7, 11) is -0.304. The second kappa shape index (κ2) is 5.31. The normalized spacial score (nSPS) is 33.5. The Bertz CT molecular complexity index is 962.